The molecular weight excluding hydrogens is 298 g/mol. The molecule has 0 amide bonds. The summed E-state index contributed by atoms with van der Waals surface area (Å²) in [7, 11) is 0. The fourth-order valence-electron chi connectivity index (χ4n) is 1.54. The first-order valence-electron chi connectivity index (χ1n) is 5.37. The normalized spacial score (nSPS) is 11.4. The summed E-state index contributed by atoms with van der Waals surface area (Å²) in [5.41, 5.74) is 4.38. The van der Waals surface area contributed by atoms with Crippen molar-refractivity contribution < 1.29 is 22.3 Å². The molecule has 0 aromatic heterocycles. The number of benzene rings is 2. The number of nitrogens with two attached hydrogens (primary N) is 1. The van der Waals surface area contributed by atoms with Crippen molar-refractivity contribution in [2.24, 2.45) is 0 Å². The van der Waals surface area contributed by atoms with Gasteiger partial charge in [0.25, 0.3) is 0 Å². The highest BCUT2D eigenvalue weighted by molar-refractivity contribution is 6.31. The molecule has 0 aliphatic rings. The molecule has 0 atom stereocenters. The van der Waals surface area contributed by atoms with Crippen molar-refractivity contribution in [3.63, 3.8) is 0 Å². The summed E-state index contributed by atoms with van der Waals surface area (Å²) in [4.78, 5) is 0. The van der Waals surface area contributed by atoms with E-state index in [4.69, 9.17) is 22.1 Å². The van der Waals surface area contributed by atoms with Crippen molar-refractivity contribution >= 4 is 17.3 Å². The minimum absolute atomic E-state index is 0.145. The standard InChI is InChI=1S/C13H8ClF4NO/c14-8-5-12(10(19)6-9(8)15)20-11-4-2-1-3-7(11)13(16,17)18/h1-6H,19H2. The third-order valence-electron chi connectivity index (χ3n) is 2.47. The molecule has 0 bridgehead atoms. The number of rotatable bonds is 2. The van der Waals surface area contributed by atoms with Gasteiger partial charge in [-0.2, -0.15) is 13.2 Å². The van der Waals surface area contributed by atoms with Gasteiger partial charge < -0.3 is 10.5 Å². The van der Waals surface area contributed by atoms with Gasteiger partial charge in [0, 0.05) is 12.1 Å². The zero-order valence-electron chi connectivity index (χ0n) is 9.84. The number of para-hydroxylation sites is 1. The molecule has 0 heterocycles. The van der Waals surface area contributed by atoms with Gasteiger partial charge in [0.05, 0.1) is 16.3 Å². The predicted octanol–water partition coefficient (Wildman–Crippen LogP) is 4.87. The second-order valence-corrected chi connectivity index (χ2v) is 4.31. The first-order valence-corrected chi connectivity index (χ1v) is 5.75. The Morgan fingerprint density at radius 2 is 1.70 bits per heavy atom. The topological polar surface area (TPSA) is 35.2 Å². The largest absolute Gasteiger partial charge is 0.455 e. The number of halogens is 5. The van der Waals surface area contributed by atoms with Crippen LogP contribution in [0.3, 0.4) is 0 Å². The molecule has 2 nitrogen and oxygen atoms in total. The molecule has 2 aromatic carbocycles. The maximum absolute atomic E-state index is 13.1. The van der Waals surface area contributed by atoms with Gasteiger partial charge in [-0.25, -0.2) is 4.39 Å². The van der Waals surface area contributed by atoms with Crippen molar-refractivity contribution in [1.29, 1.82) is 0 Å². The molecule has 0 fully saturated rings. The van der Waals surface area contributed by atoms with Gasteiger partial charge in [-0.3, -0.25) is 0 Å². The van der Waals surface area contributed by atoms with Gasteiger partial charge >= 0.3 is 6.18 Å². The fourth-order valence-corrected chi connectivity index (χ4v) is 1.69. The third-order valence-corrected chi connectivity index (χ3v) is 2.75. The average Bonchev–Trinajstić information content (AvgIpc) is 2.35. The van der Waals surface area contributed by atoms with Crippen LogP contribution in [0, 0.1) is 5.82 Å². The van der Waals surface area contributed by atoms with E-state index in [1.807, 2.05) is 0 Å². The molecule has 0 unspecified atom stereocenters. The maximum atomic E-state index is 13.1. The highest BCUT2D eigenvalue weighted by Gasteiger charge is 2.34. The van der Waals surface area contributed by atoms with Crippen LogP contribution < -0.4 is 10.5 Å². The zero-order valence-corrected chi connectivity index (χ0v) is 10.6. The lowest BCUT2D eigenvalue weighted by molar-refractivity contribution is -0.138. The summed E-state index contributed by atoms with van der Waals surface area (Å²) in [6.07, 6.45) is -4.57. The molecule has 2 aromatic rings. The quantitative estimate of drug-likeness (QED) is 0.634. The molecule has 2 N–H and O–H groups in total. The molecular formula is C13H8ClF4NO. The van der Waals surface area contributed by atoms with E-state index in [9.17, 15) is 17.6 Å². The summed E-state index contributed by atoms with van der Waals surface area (Å²) in [6, 6.07) is 6.53. The van der Waals surface area contributed by atoms with Gasteiger partial charge in [0.1, 0.15) is 11.6 Å². The van der Waals surface area contributed by atoms with E-state index in [2.05, 4.69) is 0 Å². The van der Waals surface area contributed by atoms with Crippen LogP contribution >= 0.6 is 11.6 Å². The van der Waals surface area contributed by atoms with Gasteiger partial charge in [0.15, 0.2) is 5.75 Å². The molecule has 0 spiro atoms. The molecule has 106 valence electrons. The van der Waals surface area contributed by atoms with Crippen molar-refractivity contribution in [2.75, 3.05) is 5.73 Å². The van der Waals surface area contributed by atoms with Crippen molar-refractivity contribution in [3.8, 4) is 11.5 Å². The Morgan fingerprint density at radius 3 is 2.35 bits per heavy atom. The maximum Gasteiger partial charge on any atom is 0.419 e. The third kappa shape index (κ3) is 2.96. The van der Waals surface area contributed by atoms with Crippen LogP contribution in [-0.2, 0) is 6.18 Å². The number of anilines is 1. The van der Waals surface area contributed by atoms with E-state index < -0.39 is 23.3 Å². The lowest BCUT2D eigenvalue weighted by Gasteiger charge is -2.14. The number of nitrogen functional groups attached to an aromatic ring is 1. The highest BCUT2D eigenvalue weighted by Crippen LogP contribution is 2.39. The minimum Gasteiger partial charge on any atom is -0.455 e. The van der Waals surface area contributed by atoms with Gasteiger partial charge in [0.2, 0.25) is 0 Å². The molecule has 0 aliphatic carbocycles. The van der Waals surface area contributed by atoms with Crippen LogP contribution in [0.15, 0.2) is 36.4 Å². The summed E-state index contributed by atoms with van der Waals surface area (Å²) >= 11 is 5.55. The molecule has 7 heteroatoms. The highest BCUT2D eigenvalue weighted by atomic mass is 35.5. The van der Waals surface area contributed by atoms with Crippen LogP contribution in [0.25, 0.3) is 0 Å². The smallest absolute Gasteiger partial charge is 0.419 e. The van der Waals surface area contributed by atoms with Gasteiger partial charge in [-0.05, 0) is 12.1 Å². The first kappa shape index (κ1) is 14.5. The van der Waals surface area contributed by atoms with Gasteiger partial charge in [-0.15, -0.1) is 0 Å². The Balaban J connectivity index is 2.43. The summed E-state index contributed by atoms with van der Waals surface area (Å²) in [5, 5.41) is -0.293. The Morgan fingerprint density at radius 1 is 1.05 bits per heavy atom. The second-order valence-electron chi connectivity index (χ2n) is 3.90. The number of ether oxygens (including phenoxy) is 1. The Hall–Kier alpha value is -1.95. The van der Waals surface area contributed by atoms with E-state index >= 15 is 0 Å². The summed E-state index contributed by atoms with van der Waals surface area (Å²) < 4.78 is 56.6. The van der Waals surface area contributed by atoms with Crippen LogP contribution in [-0.4, -0.2) is 0 Å². The van der Waals surface area contributed by atoms with Crippen LogP contribution in [0.1, 0.15) is 5.56 Å². The molecule has 0 radical (unpaired) electrons. The Labute approximate surface area is 116 Å². The van der Waals surface area contributed by atoms with E-state index in [0.29, 0.717) is 0 Å². The first-order chi connectivity index (χ1) is 9.29. The van der Waals surface area contributed by atoms with Crippen molar-refractivity contribution in [3.05, 3.63) is 52.8 Å². The zero-order chi connectivity index (χ0) is 14.9. The summed E-state index contributed by atoms with van der Waals surface area (Å²) in [6.45, 7) is 0. The monoisotopic (exact) mass is 305 g/mol. The Bertz CT molecular complexity index is 643. The Kier molecular flexibility index (Phi) is 3.76. The number of hydrogen-bond donors (Lipinski definition) is 1. The SMILES string of the molecule is Nc1cc(F)c(Cl)cc1Oc1ccccc1C(F)(F)F. The van der Waals surface area contributed by atoms with Gasteiger partial charge in [-0.1, -0.05) is 23.7 Å². The van der Waals surface area contributed by atoms with E-state index in [1.165, 1.54) is 12.1 Å². The molecule has 0 saturated carbocycles. The van der Waals surface area contributed by atoms with E-state index in [0.717, 1.165) is 24.3 Å². The van der Waals surface area contributed by atoms with Crippen molar-refractivity contribution in [2.45, 2.75) is 6.18 Å². The minimum atomic E-state index is -4.57. The lowest BCUT2D eigenvalue weighted by Crippen LogP contribution is -2.07. The molecule has 2 rings (SSSR count). The second kappa shape index (κ2) is 5.20. The van der Waals surface area contributed by atoms with Crippen molar-refractivity contribution in [1.82, 2.24) is 0 Å². The average molecular weight is 306 g/mol. The molecule has 20 heavy (non-hydrogen) atoms. The fraction of sp³-hybridized carbons (Fsp3) is 0.0769. The molecule has 0 aliphatic heterocycles. The number of alkyl halides is 3. The van der Waals surface area contributed by atoms with Crippen LogP contribution in [0.2, 0.25) is 5.02 Å². The number of hydrogen-bond acceptors (Lipinski definition) is 2. The summed E-state index contributed by atoms with van der Waals surface area (Å²) in [5.74, 6) is -1.36. The van der Waals surface area contributed by atoms with Crippen LogP contribution in [0.4, 0.5) is 23.2 Å². The van der Waals surface area contributed by atoms with Crippen LogP contribution in [0.5, 0.6) is 11.5 Å². The molecule has 0 saturated heterocycles. The van der Waals surface area contributed by atoms with E-state index in [-0.39, 0.29) is 16.5 Å². The predicted molar refractivity (Wildman–Crippen MR) is 67.3 cm³/mol. The van der Waals surface area contributed by atoms with E-state index in [1.54, 1.807) is 0 Å². The lowest BCUT2D eigenvalue weighted by atomic mass is 10.2.